The van der Waals surface area contributed by atoms with Crippen LogP contribution in [-0.2, 0) is 19.1 Å². The largest absolute Gasteiger partial charge is 0.457 e. The second-order valence-electron chi connectivity index (χ2n) is 8.50. The van der Waals surface area contributed by atoms with E-state index in [1.165, 1.54) is 17.7 Å². The van der Waals surface area contributed by atoms with Gasteiger partial charge in [0.25, 0.3) is 0 Å². The first-order valence-corrected chi connectivity index (χ1v) is 11.8. The first kappa shape index (κ1) is 24.3. The van der Waals surface area contributed by atoms with Gasteiger partial charge < -0.3 is 9.15 Å². The number of benzene rings is 3. The van der Waals surface area contributed by atoms with E-state index < -0.39 is 11.7 Å². The second kappa shape index (κ2) is 10.7. The summed E-state index contributed by atoms with van der Waals surface area (Å²) in [6.45, 7) is 0.859. The Kier molecular flexibility index (Phi) is 7.02. The monoisotopic (exact) mass is 504 g/mol. The summed E-state index contributed by atoms with van der Waals surface area (Å²) >= 11 is 0. The van der Waals surface area contributed by atoms with Crippen molar-refractivity contribution < 1.29 is 22.3 Å². The van der Waals surface area contributed by atoms with E-state index in [1.807, 2.05) is 23.0 Å². The van der Waals surface area contributed by atoms with Gasteiger partial charge in [-0.25, -0.2) is 4.98 Å². The predicted octanol–water partition coefficient (Wildman–Crippen LogP) is 7.42. The molecular formula is C28H23F3N4O2. The summed E-state index contributed by atoms with van der Waals surface area (Å²) < 4.78 is 51.7. The van der Waals surface area contributed by atoms with Crippen LogP contribution in [0.1, 0.15) is 35.4 Å². The molecule has 0 aliphatic carbocycles. The van der Waals surface area contributed by atoms with Crippen LogP contribution in [0.5, 0.6) is 11.5 Å². The van der Waals surface area contributed by atoms with E-state index in [0.717, 1.165) is 43.7 Å². The highest BCUT2D eigenvalue weighted by Crippen LogP contribution is 2.30. The SMILES string of the molecule is FC(F)(F)c1ccc(/C=C/c2nc3cc(Oc4ccc(CCCCn5ccnn5)cc4)ccc3o2)cc1. The number of aromatic nitrogens is 4. The highest BCUT2D eigenvalue weighted by atomic mass is 19.4. The van der Waals surface area contributed by atoms with Crippen LogP contribution < -0.4 is 4.74 Å². The number of unbranched alkanes of at least 4 members (excludes halogenated alkanes) is 1. The van der Waals surface area contributed by atoms with Crippen molar-refractivity contribution in [1.29, 1.82) is 0 Å². The van der Waals surface area contributed by atoms with Crippen molar-refractivity contribution in [2.45, 2.75) is 32.0 Å². The number of aryl methyl sites for hydroxylation is 2. The highest BCUT2D eigenvalue weighted by molar-refractivity contribution is 5.77. The minimum atomic E-state index is -4.36. The van der Waals surface area contributed by atoms with Gasteiger partial charge in [0.05, 0.1) is 11.8 Å². The summed E-state index contributed by atoms with van der Waals surface area (Å²) in [5.74, 6) is 1.69. The summed E-state index contributed by atoms with van der Waals surface area (Å²) in [4.78, 5) is 4.44. The molecule has 0 spiro atoms. The molecule has 188 valence electrons. The molecule has 0 bridgehead atoms. The molecule has 2 aromatic heterocycles. The molecule has 0 atom stereocenters. The Morgan fingerprint density at radius 2 is 1.68 bits per heavy atom. The molecule has 0 amide bonds. The average Bonchev–Trinajstić information content (AvgIpc) is 3.55. The van der Waals surface area contributed by atoms with Gasteiger partial charge in [0.15, 0.2) is 5.58 Å². The summed E-state index contributed by atoms with van der Waals surface area (Å²) in [5, 5.41) is 7.78. The quantitative estimate of drug-likeness (QED) is 0.195. The summed E-state index contributed by atoms with van der Waals surface area (Å²) in [5.41, 5.74) is 2.36. The molecule has 0 aliphatic rings. The van der Waals surface area contributed by atoms with Gasteiger partial charge in [-0.3, -0.25) is 4.68 Å². The van der Waals surface area contributed by atoms with Gasteiger partial charge >= 0.3 is 6.18 Å². The number of rotatable bonds is 9. The van der Waals surface area contributed by atoms with Crippen molar-refractivity contribution in [3.63, 3.8) is 0 Å². The number of fused-ring (bicyclic) bond motifs is 1. The number of hydrogen-bond acceptors (Lipinski definition) is 5. The van der Waals surface area contributed by atoms with Crippen molar-refractivity contribution in [3.05, 3.63) is 102 Å². The zero-order valence-electron chi connectivity index (χ0n) is 19.7. The minimum Gasteiger partial charge on any atom is -0.457 e. The fraction of sp³-hybridized carbons (Fsp3) is 0.179. The third-order valence-electron chi connectivity index (χ3n) is 5.77. The number of ether oxygens (including phenoxy) is 1. The van der Waals surface area contributed by atoms with Crippen LogP contribution in [0, 0.1) is 0 Å². The minimum absolute atomic E-state index is 0.347. The Balaban J connectivity index is 1.17. The lowest BCUT2D eigenvalue weighted by Gasteiger charge is -2.07. The molecule has 6 nitrogen and oxygen atoms in total. The molecule has 0 unspecified atom stereocenters. The lowest BCUT2D eigenvalue weighted by atomic mass is 10.1. The van der Waals surface area contributed by atoms with Crippen LogP contribution >= 0.6 is 0 Å². The molecule has 0 radical (unpaired) electrons. The number of halogens is 3. The summed E-state index contributed by atoms with van der Waals surface area (Å²) in [7, 11) is 0. The van der Waals surface area contributed by atoms with E-state index in [-0.39, 0.29) is 0 Å². The fourth-order valence-electron chi connectivity index (χ4n) is 3.83. The van der Waals surface area contributed by atoms with Gasteiger partial charge in [0, 0.05) is 24.9 Å². The Labute approximate surface area is 211 Å². The normalized spacial score (nSPS) is 12.0. The van der Waals surface area contributed by atoms with E-state index in [1.54, 1.807) is 36.5 Å². The van der Waals surface area contributed by atoms with Crippen molar-refractivity contribution in [2.24, 2.45) is 0 Å². The Hall–Kier alpha value is -4.40. The Morgan fingerprint density at radius 1 is 0.892 bits per heavy atom. The summed E-state index contributed by atoms with van der Waals surface area (Å²) in [6, 6.07) is 18.3. The molecule has 0 N–H and O–H groups in total. The fourth-order valence-corrected chi connectivity index (χ4v) is 3.83. The maximum absolute atomic E-state index is 12.7. The van der Waals surface area contributed by atoms with Gasteiger partial charge in [0.1, 0.15) is 17.0 Å². The van der Waals surface area contributed by atoms with Gasteiger partial charge in [-0.2, -0.15) is 13.2 Å². The third-order valence-corrected chi connectivity index (χ3v) is 5.77. The van der Waals surface area contributed by atoms with Crippen LogP contribution in [0.25, 0.3) is 23.3 Å². The van der Waals surface area contributed by atoms with Gasteiger partial charge in [-0.15, -0.1) is 5.10 Å². The molecule has 5 aromatic rings. The molecule has 5 rings (SSSR count). The predicted molar refractivity (Wildman–Crippen MR) is 134 cm³/mol. The maximum Gasteiger partial charge on any atom is 0.416 e. The van der Waals surface area contributed by atoms with Gasteiger partial charge in [0.2, 0.25) is 5.89 Å². The Morgan fingerprint density at radius 3 is 2.41 bits per heavy atom. The van der Waals surface area contributed by atoms with Crippen LogP contribution in [0.4, 0.5) is 13.2 Å². The van der Waals surface area contributed by atoms with Crippen molar-refractivity contribution in [3.8, 4) is 11.5 Å². The molecule has 0 aliphatic heterocycles. The van der Waals surface area contributed by atoms with Crippen LogP contribution in [0.15, 0.2) is 83.5 Å². The molecule has 3 aromatic carbocycles. The van der Waals surface area contributed by atoms with Crippen molar-refractivity contribution in [2.75, 3.05) is 0 Å². The summed E-state index contributed by atoms with van der Waals surface area (Å²) in [6.07, 6.45) is 5.52. The van der Waals surface area contributed by atoms with Gasteiger partial charge in [-0.05, 0) is 72.9 Å². The molecular weight excluding hydrogens is 481 g/mol. The molecule has 0 fully saturated rings. The molecule has 0 saturated heterocycles. The third kappa shape index (κ3) is 6.43. The molecule has 9 heteroatoms. The van der Waals surface area contributed by atoms with E-state index in [2.05, 4.69) is 27.4 Å². The van der Waals surface area contributed by atoms with E-state index in [0.29, 0.717) is 28.3 Å². The number of nitrogens with zero attached hydrogens (tertiary/aromatic N) is 4. The second-order valence-corrected chi connectivity index (χ2v) is 8.50. The number of alkyl halides is 3. The smallest absolute Gasteiger partial charge is 0.416 e. The molecule has 2 heterocycles. The number of oxazole rings is 1. The number of hydrogen-bond donors (Lipinski definition) is 0. The average molecular weight is 505 g/mol. The Bertz CT molecular complexity index is 1470. The van der Waals surface area contributed by atoms with E-state index in [9.17, 15) is 13.2 Å². The maximum atomic E-state index is 12.7. The van der Waals surface area contributed by atoms with Crippen LogP contribution in [-0.4, -0.2) is 20.0 Å². The zero-order valence-corrected chi connectivity index (χ0v) is 19.7. The lowest BCUT2D eigenvalue weighted by Crippen LogP contribution is -2.03. The van der Waals surface area contributed by atoms with Crippen molar-refractivity contribution >= 4 is 23.3 Å². The molecule has 37 heavy (non-hydrogen) atoms. The van der Waals surface area contributed by atoms with E-state index in [4.69, 9.17) is 9.15 Å². The first-order valence-electron chi connectivity index (χ1n) is 11.8. The zero-order chi connectivity index (χ0) is 25.7. The van der Waals surface area contributed by atoms with Crippen molar-refractivity contribution in [1.82, 2.24) is 20.0 Å². The first-order chi connectivity index (χ1) is 17.9. The topological polar surface area (TPSA) is 66.0 Å². The standard InChI is InChI=1S/C28H23F3N4O2/c29-28(30,31)22-9-4-21(5-10-22)8-15-27-33-25-19-24(13-14-26(25)37-27)36-23-11-6-20(7-12-23)3-1-2-17-35-18-16-32-34-35/h4-16,18-19H,1-3,17H2/b15-8+. The van der Waals surface area contributed by atoms with Crippen LogP contribution in [0.2, 0.25) is 0 Å². The highest BCUT2D eigenvalue weighted by Gasteiger charge is 2.29. The van der Waals surface area contributed by atoms with E-state index >= 15 is 0 Å². The molecule has 0 saturated carbocycles. The lowest BCUT2D eigenvalue weighted by molar-refractivity contribution is -0.137. The van der Waals surface area contributed by atoms with Gasteiger partial charge in [-0.1, -0.05) is 29.5 Å². The van der Waals surface area contributed by atoms with Crippen LogP contribution in [0.3, 0.4) is 0 Å².